The highest BCUT2D eigenvalue weighted by Gasteiger charge is 2.15. The molecule has 1 aromatic carbocycles. The third kappa shape index (κ3) is 3.11. The molecule has 0 aromatic heterocycles. The Kier molecular flexibility index (Phi) is 4.38. The molecule has 4 N–H and O–H groups in total. The average Bonchev–Trinajstić information content (AvgIpc) is 2.85. The van der Waals surface area contributed by atoms with E-state index in [0.717, 1.165) is 12.8 Å². The second-order valence-corrected chi connectivity index (χ2v) is 4.69. The minimum atomic E-state index is -0.433. The second-order valence-electron chi connectivity index (χ2n) is 4.28. The Balaban J connectivity index is 2.14. The van der Waals surface area contributed by atoms with Gasteiger partial charge in [-0.3, -0.25) is 5.43 Å². The van der Waals surface area contributed by atoms with Crippen molar-refractivity contribution in [1.82, 2.24) is 5.43 Å². The highest BCUT2D eigenvalue weighted by molar-refractivity contribution is 6.33. The molecule has 18 heavy (non-hydrogen) atoms. The molecule has 4 nitrogen and oxygen atoms in total. The molecule has 0 spiro atoms. The molecule has 1 saturated carbocycles. The minimum absolute atomic E-state index is 0.189. The number of anilines is 1. The molecule has 6 heteroatoms. The van der Waals surface area contributed by atoms with Crippen molar-refractivity contribution >= 4 is 23.2 Å². The van der Waals surface area contributed by atoms with E-state index in [0.29, 0.717) is 11.0 Å². The van der Waals surface area contributed by atoms with Gasteiger partial charge in [0, 0.05) is 0 Å². The molecule has 0 amide bonds. The minimum Gasteiger partial charge on any atom is -0.322 e. The van der Waals surface area contributed by atoms with Crippen molar-refractivity contribution in [3.63, 3.8) is 0 Å². The Morgan fingerprint density at radius 1 is 1.39 bits per heavy atom. The van der Waals surface area contributed by atoms with Crippen LogP contribution in [-0.2, 0) is 0 Å². The highest BCUT2D eigenvalue weighted by atomic mass is 35.5. The fourth-order valence-corrected chi connectivity index (χ4v) is 2.27. The topological polar surface area (TPSA) is 62.4 Å². The van der Waals surface area contributed by atoms with Gasteiger partial charge in [-0.05, 0) is 25.0 Å². The predicted molar refractivity (Wildman–Crippen MR) is 72.0 cm³/mol. The van der Waals surface area contributed by atoms with E-state index in [1.807, 2.05) is 0 Å². The van der Waals surface area contributed by atoms with Crippen LogP contribution < -0.4 is 16.6 Å². The molecule has 2 rings (SSSR count). The van der Waals surface area contributed by atoms with E-state index in [4.69, 9.17) is 17.4 Å². The molecule has 0 saturated heterocycles. The van der Waals surface area contributed by atoms with Gasteiger partial charge in [0.05, 0.1) is 16.8 Å². The van der Waals surface area contributed by atoms with Gasteiger partial charge in [-0.15, -0.1) is 0 Å². The van der Waals surface area contributed by atoms with Crippen molar-refractivity contribution in [2.75, 3.05) is 5.32 Å². The number of nitrogens with two attached hydrogens (primary N) is 1. The summed E-state index contributed by atoms with van der Waals surface area (Å²) >= 11 is 5.92. The Labute approximate surface area is 110 Å². The lowest BCUT2D eigenvalue weighted by atomic mass is 10.3. The Bertz CT molecular complexity index is 423. The van der Waals surface area contributed by atoms with E-state index in [1.54, 1.807) is 12.1 Å². The zero-order chi connectivity index (χ0) is 13.0. The molecule has 0 bridgehead atoms. The number of nitrogens with zero attached hydrogens (tertiary/aromatic N) is 1. The van der Waals surface area contributed by atoms with Crippen LogP contribution in [0.5, 0.6) is 0 Å². The molecule has 1 fully saturated rings. The maximum atomic E-state index is 13.6. The smallest absolute Gasteiger partial charge is 0.210 e. The molecule has 98 valence electrons. The SMILES string of the molecule is NNC(=NC1CCCC1)Nc1c(F)cccc1Cl. The van der Waals surface area contributed by atoms with Crippen molar-refractivity contribution in [1.29, 1.82) is 0 Å². The third-order valence-electron chi connectivity index (χ3n) is 2.98. The summed E-state index contributed by atoms with van der Waals surface area (Å²) in [6.45, 7) is 0. The fourth-order valence-electron chi connectivity index (χ4n) is 2.06. The molecule has 0 atom stereocenters. The van der Waals surface area contributed by atoms with Crippen LogP contribution in [0.1, 0.15) is 25.7 Å². The van der Waals surface area contributed by atoms with Gasteiger partial charge in [0.15, 0.2) is 0 Å². The maximum absolute atomic E-state index is 13.6. The van der Waals surface area contributed by atoms with Crippen LogP contribution in [0.4, 0.5) is 10.1 Å². The van der Waals surface area contributed by atoms with E-state index < -0.39 is 5.82 Å². The van der Waals surface area contributed by atoms with E-state index in [2.05, 4.69) is 15.7 Å². The summed E-state index contributed by atoms with van der Waals surface area (Å²) in [5.41, 5.74) is 2.63. The van der Waals surface area contributed by atoms with Gasteiger partial charge < -0.3 is 5.32 Å². The van der Waals surface area contributed by atoms with Crippen LogP contribution in [0.3, 0.4) is 0 Å². The van der Waals surface area contributed by atoms with Crippen LogP contribution in [0.15, 0.2) is 23.2 Å². The Hall–Kier alpha value is -1.33. The first-order valence-corrected chi connectivity index (χ1v) is 6.34. The maximum Gasteiger partial charge on any atom is 0.210 e. The van der Waals surface area contributed by atoms with Gasteiger partial charge in [0.25, 0.3) is 0 Å². The number of hydrazine groups is 1. The quantitative estimate of drug-likeness (QED) is 0.335. The Morgan fingerprint density at radius 3 is 2.72 bits per heavy atom. The third-order valence-corrected chi connectivity index (χ3v) is 3.29. The van der Waals surface area contributed by atoms with E-state index in [9.17, 15) is 4.39 Å². The van der Waals surface area contributed by atoms with Crippen LogP contribution >= 0.6 is 11.6 Å². The average molecular weight is 271 g/mol. The van der Waals surface area contributed by atoms with Gasteiger partial charge in [0.1, 0.15) is 5.82 Å². The molecule has 0 heterocycles. The number of hydrogen-bond donors (Lipinski definition) is 3. The molecular formula is C12H16ClFN4. The zero-order valence-corrected chi connectivity index (χ0v) is 10.7. The molecule has 1 aromatic rings. The first-order chi connectivity index (χ1) is 8.70. The largest absolute Gasteiger partial charge is 0.322 e. The molecule has 1 aliphatic rings. The van der Waals surface area contributed by atoms with Gasteiger partial charge in [0.2, 0.25) is 5.96 Å². The lowest BCUT2D eigenvalue weighted by Crippen LogP contribution is -2.37. The lowest BCUT2D eigenvalue weighted by Gasteiger charge is -2.13. The zero-order valence-electron chi connectivity index (χ0n) is 9.92. The van der Waals surface area contributed by atoms with E-state index in [1.165, 1.54) is 18.9 Å². The van der Waals surface area contributed by atoms with Crippen LogP contribution in [0.25, 0.3) is 0 Å². The number of aliphatic imine (C=N–C) groups is 1. The number of nitrogens with one attached hydrogen (secondary N) is 2. The van der Waals surface area contributed by atoms with Crippen molar-refractivity contribution < 1.29 is 4.39 Å². The predicted octanol–water partition coefficient (Wildman–Crippen LogP) is 2.65. The van der Waals surface area contributed by atoms with Crippen LogP contribution in [0.2, 0.25) is 5.02 Å². The normalized spacial score (nSPS) is 16.9. The van der Waals surface area contributed by atoms with Crippen molar-refractivity contribution in [2.24, 2.45) is 10.8 Å². The molecule has 0 radical (unpaired) electrons. The molecule has 1 aliphatic carbocycles. The summed E-state index contributed by atoms with van der Waals surface area (Å²) in [5.74, 6) is 5.30. The van der Waals surface area contributed by atoms with Gasteiger partial charge >= 0.3 is 0 Å². The Morgan fingerprint density at radius 2 is 2.11 bits per heavy atom. The summed E-state index contributed by atoms with van der Waals surface area (Å²) in [6.07, 6.45) is 4.43. The van der Waals surface area contributed by atoms with Crippen LogP contribution in [-0.4, -0.2) is 12.0 Å². The number of rotatable bonds is 2. The lowest BCUT2D eigenvalue weighted by molar-refractivity contribution is 0.631. The highest BCUT2D eigenvalue weighted by Crippen LogP contribution is 2.25. The number of benzene rings is 1. The summed E-state index contributed by atoms with van der Waals surface area (Å²) in [4.78, 5) is 4.42. The fraction of sp³-hybridized carbons (Fsp3) is 0.417. The van der Waals surface area contributed by atoms with Crippen LogP contribution in [0, 0.1) is 5.82 Å². The summed E-state index contributed by atoms with van der Waals surface area (Å²) in [5, 5.41) is 3.09. The van der Waals surface area contributed by atoms with E-state index in [-0.39, 0.29) is 11.7 Å². The number of guanidine groups is 1. The molecular weight excluding hydrogens is 255 g/mol. The molecule has 0 unspecified atom stereocenters. The summed E-state index contributed by atoms with van der Waals surface area (Å²) in [6, 6.07) is 4.73. The first-order valence-electron chi connectivity index (χ1n) is 5.96. The number of para-hydroxylation sites is 1. The second kappa shape index (κ2) is 6.02. The standard InChI is InChI=1S/C12H16ClFN4/c13-9-6-3-7-10(14)11(9)17-12(18-15)16-8-4-1-2-5-8/h3,6-8H,1-2,4-5,15H2,(H2,16,17,18). The summed E-state index contributed by atoms with van der Waals surface area (Å²) in [7, 11) is 0. The monoisotopic (exact) mass is 270 g/mol. The van der Waals surface area contributed by atoms with Crippen molar-refractivity contribution in [3.8, 4) is 0 Å². The summed E-state index contributed by atoms with van der Waals surface area (Å²) < 4.78 is 13.6. The van der Waals surface area contributed by atoms with Gasteiger partial charge in [-0.1, -0.05) is 30.5 Å². The molecule has 0 aliphatic heterocycles. The van der Waals surface area contributed by atoms with Gasteiger partial charge in [-0.2, -0.15) is 0 Å². The number of halogens is 2. The van der Waals surface area contributed by atoms with E-state index >= 15 is 0 Å². The van der Waals surface area contributed by atoms with Gasteiger partial charge in [-0.25, -0.2) is 15.2 Å². The number of hydrogen-bond acceptors (Lipinski definition) is 2. The van der Waals surface area contributed by atoms with Crippen molar-refractivity contribution in [3.05, 3.63) is 29.0 Å². The van der Waals surface area contributed by atoms with Crippen molar-refractivity contribution in [2.45, 2.75) is 31.7 Å². The first kappa shape index (κ1) is 13.1.